The molecule has 0 radical (unpaired) electrons. The SMILES string of the molecule is C=CCC(O)COCC(F)(F)C(F)F. The van der Waals surface area contributed by atoms with Gasteiger partial charge in [0.25, 0.3) is 0 Å². The van der Waals surface area contributed by atoms with E-state index in [2.05, 4.69) is 11.3 Å². The van der Waals surface area contributed by atoms with Gasteiger partial charge in [-0.15, -0.1) is 6.58 Å². The average molecular weight is 216 g/mol. The molecule has 0 aliphatic heterocycles. The lowest BCUT2D eigenvalue weighted by molar-refractivity contribution is -0.170. The average Bonchev–Trinajstić information content (AvgIpc) is 2.04. The molecule has 0 saturated heterocycles. The molecule has 14 heavy (non-hydrogen) atoms. The Morgan fingerprint density at radius 2 is 2.00 bits per heavy atom. The Bertz CT molecular complexity index is 173. The Balaban J connectivity index is 3.67. The van der Waals surface area contributed by atoms with E-state index in [1.54, 1.807) is 0 Å². The maximum Gasteiger partial charge on any atom is 0.330 e. The molecule has 0 spiro atoms. The summed E-state index contributed by atoms with van der Waals surface area (Å²) in [6, 6.07) is 0. The van der Waals surface area contributed by atoms with Crippen molar-refractivity contribution < 1.29 is 27.4 Å². The van der Waals surface area contributed by atoms with Gasteiger partial charge in [-0.05, 0) is 6.42 Å². The lowest BCUT2D eigenvalue weighted by Gasteiger charge is -2.16. The maximum absolute atomic E-state index is 12.2. The number of hydrogen-bond acceptors (Lipinski definition) is 2. The van der Waals surface area contributed by atoms with Crippen LogP contribution in [0.2, 0.25) is 0 Å². The van der Waals surface area contributed by atoms with Crippen LogP contribution in [-0.2, 0) is 4.74 Å². The monoisotopic (exact) mass is 216 g/mol. The van der Waals surface area contributed by atoms with Gasteiger partial charge in [0, 0.05) is 0 Å². The van der Waals surface area contributed by atoms with Gasteiger partial charge in [0.1, 0.15) is 6.61 Å². The zero-order valence-electron chi connectivity index (χ0n) is 7.43. The molecular weight excluding hydrogens is 204 g/mol. The summed E-state index contributed by atoms with van der Waals surface area (Å²) in [5.41, 5.74) is 0. The van der Waals surface area contributed by atoms with Gasteiger partial charge in [0.15, 0.2) is 0 Å². The molecule has 0 fully saturated rings. The lowest BCUT2D eigenvalue weighted by Crippen LogP contribution is -2.33. The minimum atomic E-state index is -4.16. The van der Waals surface area contributed by atoms with Crippen molar-refractivity contribution in [1.82, 2.24) is 0 Å². The van der Waals surface area contributed by atoms with E-state index < -0.39 is 31.7 Å². The predicted octanol–water partition coefficient (Wildman–Crippen LogP) is 1.84. The number of rotatable bonds is 7. The molecule has 0 saturated carbocycles. The smallest absolute Gasteiger partial charge is 0.330 e. The molecule has 0 aromatic carbocycles. The molecule has 1 unspecified atom stereocenters. The standard InChI is InChI=1S/C8H12F4O2/c1-2-3-6(13)4-14-5-8(11,12)7(9)10/h2,6-7,13H,1,3-5H2. The van der Waals surface area contributed by atoms with Gasteiger partial charge in [0.2, 0.25) is 0 Å². The Hall–Kier alpha value is -0.620. The predicted molar refractivity (Wildman–Crippen MR) is 42.6 cm³/mol. The molecule has 1 atom stereocenters. The minimum Gasteiger partial charge on any atom is -0.390 e. The molecule has 0 amide bonds. The molecule has 0 aliphatic rings. The van der Waals surface area contributed by atoms with Gasteiger partial charge < -0.3 is 9.84 Å². The van der Waals surface area contributed by atoms with Crippen LogP contribution in [0.1, 0.15) is 6.42 Å². The van der Waals surface area contributed by atoms with E-state index in [0.717, 1.165) is 0 Å². The third-order valence-electron chi connectivity index (χ3n) is 1.36. The van der Waals surface area contributed by atoms with Crippen molar-refractivity contribution in [3.05, 3.63) is 12.7 Å². The van der Waals surface area contributed by atoms with E-state index in [0.29, 0.717) is 0 Å². The van der Waals surface area contributed by atoms with E-state index in [-0.39, 0.29) is 6.42 Å². The maximum atomic E-state index is 12.2. The summed E-state index contributed by atoms with van der Waals surface area (Å²) in [6.45, 7) is 1.50. The molecule has 1 N–H and O–H groups in total. The first-order chi connectivity index (χ1) is 6.40. The lowest BCUT2D eigenvalue weighted by atomic mass is 10.3. The van der Waals surface area contributed by atoms with E-state index in [9.17, 15) is 17.6 Å². The van der Waals surface area contributed by atoms with Crippen molar-refractivity contribution in [2.75, 3.05) is 13.2 Å². The summed E-state index contributed by atoms with van der Waals surface area (Å²) in [4.78, 5) is 0. The van der Waals surface area contributed by atoms with Gasteiger partial charge in [-0.1, -0.05) is 6.08 Å². The van der Waals surface area contributed by atoms with Crippen LogP contribution < -0.4 is 0 Å². The molecule has 0 aliphatic carbocycles. The molecule has 0 rings (SSSR count). The number of aliphatic hydroxyl groups is 1. The molecule has 2 nitrogen and oxygen atoms in total. The second kappa shape index (κ2) is 5.98. The van der Waals surface area contributed by atoms with Crippen molar-refractivity contribution >= 4 is 0 Å². The van der Waals surface area contributed by atoms with E-state index >= 15 is 0 Å². The first-order valence-corrected chi connectivity index (χ1v) is 3.93. The second-order valence-electron chi connectivity index (χ2n) is 2.76. The Morgan fingerprint density at radius 3 is 2.43 bits per heavy atom. The third-order valence-corrected chi connectivity index (χ3v) is 1.36. The van der Waals surface area contributed by atoms with E-state index in [1.165, 1.54) is 6.08 Å². The molecule has 6 heteroatoms. The minimum absolute atomic E-state index is 0.167. The molecule has 0 aromatic rings. The Kier molecular flexibility index (Phi) is 5.71. The molecule has 0 aromatic heterocycles. The molecule has 0 heterocycles. The summed E-state index contributed by atoms with van der Waals surface area (Å²) in [5, 5.41) is 8.96. The highest BCUT2D eigenvalue weighted by molar-refractivity contribution is 4.73. The van der Waals surface area contributed by atoms with Crippen LogP contribution in [0.3, 0.4) is 0 Å². The number of alkyl halides is 4. The van der Waals surface area contributed by atoms with Gasteiger partial charge in [-0.25, -0.2) is 8.78 Å². The molecule has 0 bridgehead atoms. The summed E-state index contributed by atoms with van der Waals surface area (Å²) >= 11 is 0. The Morgan fingerprint density at radius 1 is 1.43 bits per heavy atom. The quantitative estimate of drug-likeness (QED) is 0.519. The van der Waals surface area contributed by atoms with Crippen molar-refractivity contribution in [2.45, 2.75) is 24.9 Å². The summed E-state index contributed by atoms with van der Waals surface area (Å²) in [7, 11) is 0. The summed E-state index contributed by atoms with van der Waals surface area (Å²) in [5.74, 6) is -4.16. The fourth-order valence-corrected chi connectivity index (χ4v) is 0.654. The number of ether oxygens (including phenoxy) is 1. The molecular formula is C8H12F4O2. The van der Waals surface area contributed by atoms with Crippen LogP contribution in [0.25, 0.3) is 0 Å². The van der Waals surface area contributed by atoms with Crippen LogP contribution in [0, 0.1) is 0 Å². The van der Waals surface area contributed by atoms with Crippen LogP contribution in [0.15, 0.2) is 12.7 Å². The summed E-state index contributed by atoms with van der Waals surface area (Å²) in [6.07, 6.45) is -3.19. The second-order valence-corrected chi connectivity index (χ2v) is 2.76. The first kappa shape index (κ1) is 13.4. The van der Waals surface area contributed by atoms with Crippen molar-refractivity contribution in [3.8, 4) is 0 Å². The zero-order valence-corrected chi connectivity index (χ0v) is 7.43. The fourth-order valence-electron chi connectivity index (χ4n) is 0.654. The van der Waals surface area contributed by atoms with Crippen LogP contribution >= 0.6 is 0 Å². The topological polar surface area (TPSA) is 29.5 Å². The zero-order chi connectivity index (χ0) is 11.2. The number of halogens is 4. The van der Waals surface area contributed by atoms with Crippen molar-refractivity contribution in [1.29, 1.82) is 0 Å². The first-order valence-electron chi connectivity index (χ1n) is 3.93. The van der Waals surface area contributed by atoms with Crippen molar-refractivity contribution in [3.63, 3.8) is 0 Å². The largest absolute Gasteiger partial charge is 0.390 e. The Labute approximate surface area is 79.2 Å². The fraction of sp³-hybridized carbons (Fsp3) is 0.750. The number of hydrogen-bond donors (Lipinski definition) is 1. The van der Waals surface area contributed by atoms with Gasteiger partial charge in [-0.3, -0.25) is 0 Å². The van der Waals surface area contributed by atoms with E-state index in [4.69, 9.17) is 5.11 Å². The highest BCUT2D eigenvalue weighted by Crippen LogP contribution is 2.22. The third kappa shape index (κ3) is 5.18. The highest BCUT2D eigenvalue weighted by Gasteiger charge is 2.40. The van der Waals surface area contributed by atoms with Gasteiger partial charge in [-0.2, -0.15) is 8.78 Å². The van der Waals surface area contributed by atoms with Crippen LogP contribution in [0.5, 0.6) is 0 Å². The normalized spacial score (nSPS) is 14.4. The highest BCUT2D eigenvalue weighted by atomic mass is 19.3. The van der Waals surface area contributed by atoms with Crippen molar-refractivity contribution in [2.24, 2.45) is 0 Å². The summed E-state index contributed by atoms with van der Waals surface area (Å²) < 4.78 is 51.8. The van der Waals surface area contributed by atoms with Crippen LogP contribution in [-0.4, -0.2) is 36.8 Å². The number of aliphatic hydroxyl groups excluding tert-OH is 1. The van der Waals surface area contributed by atoms with E-state index in [1.807, 2.05) is 0 Å². The van der Waals surface area contributed by atoms with Gasteiger partial charge >= 0.3 is 12.3 Å². The van der Waals surface area contributed by atoms with Gasteiger partial charge in [0.05, 0.1) is 12.7 Å². The molecule has 84 valence electrons. The van der Waals surface area contributed by atoms with Crippen LogP contribution in [0.4, 0.5) is 17.6 Å².